The van der Waals surface area contributed by atoms with Gasteiger partial charge in [0.2, 0.25) is 5.79 Å². The van der Waals surface area contributed by atoms with E-state index >= 15 is 0 Å². The number of aromatic hydroxyl groups is 1. The maximum absolute atomic E-state index is 12.4. The van der Waals surface area contributed by atoms with E-state index in [0.717, 1.165) is 0 Å². The number of rotatable bonds is 2. The van der Waals surface area contributed by atoms with Crippen molar-refractivity contribution in [3.05, 3.63) is 53.1 Å². The van der Waals surface area contributed by atoms with Gasteiger partial charge in [-0.2, -0.15) is 0 Å². The number of carbonyl (C=O) groups is 1. The molecule has 0 spiro atoms. The first-order chi connectivity index (χ1) is 10.5. The summed E-state index contributed by atoms with van der Waals surface area (Å²) in [5.74, 6) is -1.80. The standard InChI is InChI=1S/C17H16O5/c1-10-14(21-2)8-12(18)15-13(19)9-17(20,22-16(10)15)11-6-4-3-5-7-11/h3-8,18,20H,9H2,1-2H3/t17-/m0/s1. The highest BCUT2D eigenvalue weighted by molar-refractivity contribution is 6.03. The fourth-order valence-corrected chi connectivity index (χ4v) is 2.70. The largest absolute Gasteiger partial charge is 0.507 e. The van der Waals surface area contributed by atoms with Crippen LogP contribution in [0.4, 0.5) is 0 Å². The van der Waals surface area contributed by atoms with Crippen molar-refractivity contribution in [3.63, 3.8) is 0 Å². The molecule has 0 radical (unpaired) electrons. The normalized spacial score (nSPS) is 20.2. The molecule has 0 amide bonds. The number of carbonyl (C=O) groups excluding carboxylic acids is 1. The van der Waals surface area contributed by atoms with Gasteiger partial charge in [0, 0.05) is 17.2 Å². The number of methoxy groups -OCH3 is 1. The maximum Gasteiger partial charge on any atom is 0.242 e. The Balaban J connectivity index is 2.17. The summed E-state index contributed by atoms with van der Waals surface area (Å²) >= 11 is 0. The molecule has 0 unspecified atom stereocenters. The minimum atomic E-state index is -1.76. The number of ether oxygens (including phenoxy) is 2. The van der Waals surface area contributed by atoms with E-state index in [2.05, 4.69) is 0 Å². The van der Waals surface area contributed by atoms with Crippen molar-refractivity contribution in [2.24, 2.45) is 0 Å². The topological polar surface area (TPSA) is 76.0 Å². The molecule has 1 heterocycles. The molecule has 5 nitrogen and oxygen atoms in total. The molecule has 22 heavy (non-hydrogen) atoms. The second kappa shape index (κ2) is 5.03. The number of Topliss-reactive ketones (excluding diaryl/α,β-unsaturated/α-hetero) is 1. The smallest absolute Gasteiger partial charge is 0.242 e. The number of benzene rings is 2. The van der Waals surface area contributed by atoms with Crippen molar-refractivity contribution < 1.29 is 24.5 Å². The van der Waals surface area contributed by atoms with E-state index in [0.29, 0.717) is 16.9 Å². The van der Waals surface area contributed by atoms with E-state index < -0.39 is 5.79 Å². The number of hydrogen-bond donors (Lipinski definition) is 2. The Bertz CT molecular complexity index is 738. The van der Waals surface area contributed by atoms with Crippen LogP contribution in [0.2, 0.25) is 0 Å². The van der Waals surface area contributed by atoms with Crippen LogP contribution in [0.15, 0.2) is 36.4 Å². The zero-order chi connectivity index (χ0) is 15.9. The summed E-state index contributed by atoms with van der Waals surface area (Å²) in [7, 11) is 1.46. The summed E-state index contributed by atoms with van der Waals surface area (Å²) < 4.78 is 10.9. The summed E-state index contributed by atoms with van der Waals surface area (Å²) in [6, 6.07) is 10.1. The molecule has 0 saturated carbocycles. The first kappa shape index (κ1) is 14.4. The molecule has 0 bridgehead atoms. The number of hydrogen-bond acceptors (Lipinski definition) is 5. The minimum absolute atomic E-state index is 0.0823. The third-order valence-electron chi connectivity index (χ3n) is 3.86. The zero-order valence-electron chi connectivity index (χ0n) is 12.3. The number of ketones is 1. The lowest BCUT2D eigenvalue weighted by atomic mass is 9.91. The van der Waals surface area contributed by atoms with Crippen molar-refractivity contribution in [1.82, 2.24) is 0 Å². The van der Waals surface area contributed by atoms with E-state index in [1.54, 1.807) is 31.2 Å². The van der Waals surface area contributed by atoms with Crippen molar-refractivity contribution >= 4 is 5.78 Å². The highest BCUT2D eigenvalue weighted by atomic mass is 16.6. The summed E-state index contributed by atoms with van der Waals surface area (Å²) in [6.07, 6.45) is -0.261. The van der Waals surface area contributed by atoms with Gasteiger partial charge in [-0.25, -0.2) is 0 Å². The minimum Gasteiger partial charge on any atom is -0.507 e. The fraction of sp³-hybridized carbons (Fsp3) is 0.235. The lowest BCUT2D eigenvalue weighted by molar-refractivity contribution is -0.147. The molecular formula is C17H16O5. The predicted molar refractivity (Wildman–Crippen MR) is 79.3 cm³/mol. The van der Waals surface area contributed by atoms with Gasteiger partial charge in [-0.1, -0.05) is 30.3 Å². The Hall–Kier alpha value is -2.53. The molecule has 5 heteroatoms. The molecule has 0 aliphatic carbocycles. The fourth-order valence-electron chi connectivity index (χ4n) is 2.70. The van der Waals surface area contributed by atoms with Crippen LogP contribution in [0, 0.1) is 6.92 Å². The molecule has 3 rings (SSSR count). The highest BCUT2D eigenvalue weighted by Crippen LogP contribution is 2.46. The molecule has 114 valence electrons. The van der Waals surface area contributed by atoms with E-state index in [1.807, 2.05) is 6.07 Å². The van der Waals surface area contributed by atoms with Gasteiger partial charge in [0.15, 0.2) is 5.78 Å². The van der Waals surface area contributed by atoms with Crippen LogP contribution in [-0.2, 0) is 5.79 Å². The molecule has 0 fully saturated rings. The summed E-state index contributed by atoms with van der Waals surface area (Å²) in [5.41, 5.74) is 1.12. The van der Waals surface area contributed by atoms with Gasteiger partial charge in [0.1, 0.15) is 22.8 Å². The predicted octanol–water partition coefficient (Wildman–Crippen LogP) is 2.52. The quantitative estimate of drug-likeness (QED) is 0.891. The van der Waals surface area contributed by atoms with Crippen molar-refractivity contribution in [3.8, 4) is 17.2 Å². The molecule has 1 aliphatic heterocycles. The summed E-state index contributed by atoms with van der Waals surface area (Å²) in [4.78, 5) is 12.4. The van der Waals surface area contributed by atoms with Crippen molar-refractivity contribution in [1.29, 1.82) is 0 Å². The zero-order valence-corrected chi connectivity index (χ0v) is 12.3. The molecule has 0 saturated heterocycles. The van der Waals surface area contributed by atoms with Gasteiger partial charge in [0.05, 0.1) is 13.5 Å². The highest BCUT2D eigenvalue weighted by Gasteiger charge is 2.42. The van der Waals surface area contributed by atoms with E-state index in [-0.39, 0.29) is 29.3 Å². The summed E-state index contributed by atoms with van der Waals surface area (Å²) in [6.45, 7) is 1.71. The van der Waals surface area contributed by atoms with Gasteiger partial charge >= 0.3 is 0 Å². The van der Waals surface area contributed by atoms with Crippen LogP contribution >= 0.6 is 0 Å². The van der Waals surface area contributed by atoms with E-state index in [1.165, 1.54) is 13.2 Å². The van der Waals surface area contributed by atoms with E-state index in [9.17, 15) is 15.0 Å². The SMILES string of the molecule is COc1cc(O)c2c(c1C)O[C@](O)(c1ccccc1)CC2=O. The Labute approximate surface area is 127 Å². The number of phenols is 1. The second-order valence-corrected chi connectivity index (χ2v) is 5.28. The van der Waals surface area contributed by atoms with Crippen LogP contribution in [0.1, 0.15) is 27.9 Å². The first-order valence-electron chi connectivity index (χ1n) is 6.87. The van der Waals surface area contributed by atoms with Crippen LogP contribution in [0.5, 0.6) is 17.2 Å². The molecule has 2 aromatic rings. The van der Waals surface area contributed by atoms with Gasteiger partial charge in [-0.15, -0.1) is 0 Å². The number of fused-ring (bicyclic) bond motifs is 1. The van der Waals surface area contributed by atoms with Gasteiger partial charge in [0.25, 0.3) is 0 Å². The van der Waals surface area contributed by atoms with Crippen LogP contribution in [0.25, 0.3) is 0 Å². The Morgan fingerprint density at radius 2 is 1.95 bits per heavy atom. The first-order valence-corrected chi connectivity index (χ1v) is 6.87. The lowest BCUT2D eigenvalue weighted by Crippen LogP contribution is -2.39. The average Bonchev–Trinajstić information content (AvgIpc) is 2.51. The molecule has 1 aliphatic rings. The number of aliphatic hydroxyl groups is 1. The Morgan fingerprint density at radius 1 is 1.27 bits per heavy atom. The van der Waals surface area contributed by atoms with Crippen LogP contribution in [0.3, 0.4) is 0 Å². The van der Waals surface area contributed by atoms with Gasteiger partial charge in [-0.3, -0.25) is 4.79 Å². The molecule has 2 aromatic carbocycles. The third kappa shape index (κ3) is 2.10. The van der Waals surface area contributed by atoms with Crippen LogP contribution < -0.4 is 9.47 Å². The Morgan fingerprint density at radius 3 is 2.59 bits per heavy atom. The molecule has 2 N–H and O–H groups in total. The van der Waals surface area contributed by atoms with E-state index in [4.69, 9.17) is 9.47 Å². The Kier molecular flexibility index (Phi) is 3.30. The van der Waals surface area contributed by atoms with Crippen molar-refractivity contribution in [2.75, 3.05) is 7.11 Å². The lowest BCUT2D eigenvalue weighted by Gasteiger charge is -2.34. The second-order valence-electron chi connectivity index (χ2n) is 5.28. The average molecular weight is 300 g/mol. The molecular weight excluding hydrogens is 284 g/mol. The van der Waals surface area contributed by atoms with Gasteiger partial charge in [-0.05, 0) is 6.92 Å². The maximum atomic E-state index is 12.4. The summed E-state index contributed by atoms with van der Waals surface area (Å²) in [5, 5.41) is 20.8. The molecule has 1 atom stereocenters. The molecule has 0 aromatic heterocycles. The van der Waals surface area contributed by atoms with Gasteiger partial charge < -0.3 is 19.7 Å². The third-order valence-corrected chi connectivity index (χ3v) is 3.86. The number of phenolic OH excluding ortho intramolecular Hbond substituents is 1. The van der Waals surface area contributed by atoms with Crippen molar-refractivity contribution in [2.45, 2.75) is 19.1 Å². The monoisotopic (exact) mass is 300 g/mol. The van der Waals surface area contributed by atoms with Crippen LogP contribution in [-0.4, -0.2) is 23.1 Å².